The van der Waals surface area contributed by atoms with Gasteiger partial charge in [-0.3, -0.25) is 4.99 Å². The van der Waals surface area contributed by atoms with E-state index in [0.29, 0.717) is 0 Å². The van der Waals surface area contributed by atoms with E-state index in [4.69, 9.17) is 4.55 Å². The lowest BCUT2D eigenvalue weighted by molar-refractivity contribution is 0.670. The summed E-state index contributed by atoms with van der Waals surface area (Å²) in [6.07, 6.45) is 4.47. The van der Waals surface area contributed by atoms with Crippen molar-refractivity contribution in [2.75, 3.05) is 7.05 Å². The van der Waals surface area contributed by atoms with Gasteiger partial charge in [0.2, 0.25) is 0 Å². The molecule has 0 saturated heterocycles. The average Bonchev–Trinajstić information content (AvgIpc) is 1.88. The minimum atomic E-state index is 0.731. The van der Waals surface area contributed by atoms with Crippen LogP contribution in [0.25, 0.3) is 0 Å². The van der Waals surface area contributed by atoms with Crippen LogP contribution in [0.3, 0.4) is 0 Å². The van der Waals surface area contributed by atoms with Gasteiger partial charge in [-0.05, 0) is 6.42 Å². The molecular weight excluding hydrogens is 134 g/mol. The van der Waals surface area contributed by atoms with E-state index >= 15 is 0 Å². The molecule has 0 atom stereocenters. The van der Waals surface area contributed by atoms with Crippen molar-refractivity contribution in [3.8, 4) is 0 Å². The molecule has 9 heavy (non-hydrogen) atoms. The summed E-state index contributed by atoms with van der Waals surface area (Å²) in [4.78, 5) is 4.56. The number of allylic oxidation sites excluding steroid dienone is 2. The first-order valence-electron chi connectivity index (χ1n) is 2.78. The molecule has 0 spiro atoms. The minimum absolute atomic E-state index is 0.731. The Kier molecular flexibility index (Phi) is 5.67. The van der Waals surface area contributed by atoms with Gasteiger partial charge >= 0.3 is 0 Å². The number of hydrogen-bond acceptors (Lipinski definition) is 3. The van der Waals surface area contributed by atoms with Gasteiger partial charge in [0.15, 0.2) is 0 Å². The Balaban J connectivity index is 3.81. The van der Waals surface area contributed by atoms with Gasteiger partial charge in [0.25, 0.3) is 0 Å². The molecule has 0 saturated carbocycles. The Morgan fingerprint density at radius 2 is 2.44 bits per heavy atom. The molecule has 0 aliphatic heterocycles. The Labute approximate surface area is 59.9 Å². The van der Waals surface area contributed by atoms with Crippen LogP contribution in [0.15, 0.2) is 16.0 Å². The minimum Gasteiger partial charge on any atom is -0.325 e. The molecule has 0 aromatic carbocycles. The fourth-order valence-corrected chi connectivity index (χ4v) is 0.836. The van der Waals surface area contributed by atoms with Gasteiger partial charge < -0.3 is 4.55 Å². The fourth-order valence-electron chi connectivity index (χ4n) is 0.442. The van der Waals surface area contributed by atoms with Gasteiger partial charge in [0.1, 0.15) is 0 Å². The van der Waals surface area contributed by atoms with Crippen molar-refractivity contribution >= 4 is 18.3 Å². The standard InChI is InChI=1S/C6H11NOS/c1-3-4-6(9-8)5-7-2/h4-5,8H,3H2,1-2H3/b6-4+,7-5?. The molecule has 0 heterocycles. The van der Waals surface area contributed by atoms with Gasteiger partial charge in [-0.2, -0.15) is 0 Å². The molecule has 0 bridgehead atoms. The maximum atomic E-state index is 8.55. The van der Waals surface area contributed by atoms with Crippen LogP contribution >= 0.6 is 12.0 Å². The third-order valence-electron chi connectivity index (χ3n) is 0.767. The molecule has 0 amide bonds. The first-order valence-corrected chi connectivity index (χ1v) is 3.56. The van der Waals surface area contributed by atoms with Crippen LogP contribution in [0, 0.1) is 0 Å². The summed E-state index contributed by atoms with van der Waals surface area (Å²) in [6.45, 7) is 2.01. The van der Waals surface area contributed by atoms with E-state index in [1.807, 2.05) is 13.0 Å². The zero-order valence-electron chi connectivity index (χ0n) is 5.66. The second-order valence-electron chi connectivity index (χ2n) is 1.49. The predicted octanol–water partition coefficient (Wildman–Crippen LogP) is 2.19. The summed E-state index contributed by atoms with van der Waals surface area (Å²) in [6, 6.07) is 0. The molecular formula is C6H11NOS. The molecule has 0 aliphatic carbocycles. The molecule has 0 aliphatic rings. The monoisotopic (exact) mass is 145 g/mol. The van der Waals surface area contributed by atoms with Gasteiger partial charge in [-0.1, -0.05) is 13.0 Å². The van der Waals surface area contributed by atoms with Crippen LogP contribution in [-0.2, 0) is 0 Å². The Hall–Kier alpha value is -0.280. The highest BCUT2D eigenvalue weighted by Crippen LogP contribution is 2.07. The van der Waals surface area contributed by atoms with Crippen molar-refractivity contribution < 1.29 is 4.55 Å². The normalized spacial score (nSPS) is 13.0. The van der Waals surface area contributed by atoms with Crippen LogP contribution in [0.5, 0.6) is 0 Å². The summed E-state index contributed by atoms with van der Waals surface area (Å²) < 4.78 is 8.55. The smallest absolute Gasteiger partial charge is 0.0489 e. The Morgan fingerprint density at radius 3 is 2.78 bits per heavy atom. The first-order chi connectivity index (χ1) is 4.35. The molecule has 0 aromatic heterocycles. The van der Waals surface area contributed by atoms with Crippen LogP contribution < -0.4 is 0 Å². The molecule has 0 aromatic rings. The van der Waals surface area contributed by atoms with E-state index in [1.165, 1.54) is 0 Å². The van der Waals surface area contributed by atoms with Gasteiger partial charge in [-0.25, -0.2) is 0 Å². The number of hydrogen-bond donors (Lipinski definition) is 1. The summed E-state index contributed by atoms with van der Waals surface area (Å²) in [5.74, 6) is 0. The lowest BCUT2D eigenvalue weighted by Gasteiger charge is -1.89. The van der Waals surface area contributed by atoms with Gasteiger partial charge in [0.05, 0.1) is 0 Å². The molecule has 2 nitrogen and oxygen atoms in total. The summed E-state index contributed by atoms with van der Waals surface area (Å²) in [7, 11) is 1.68. The molecule has 0 rings (SSSR count). The molecule has 0 radical (unpaired) electrons. The molecule has 0 fully saturated rings. The van der Waals surface area contributed by atoms with Crippen LogP contribution in [0.4, 0.5) is 0 Å². The highest BCUT2D eigenvalue weighted by atomic mass is 32.2. The summed E-state index contributed by atoms with van der Waals surface area (Å²) >= 11 is 0.731. The van der Waals surface area contributed by atoms with Crippen molar-refractivity contribution in [1.82, 2.24) is 0 Å². The zero-order valence-corrected chi connectivity index (χ0v) is 6.48. The van der Waals surface area contributed by atoms with Crippen molar-refractivity contribution in [1.29, 1.82) is 0 Å². The summed E-state index contributed by atoms with van der Waals surface area (Å²) in [5.41, 5.74) is 0. The van der Waals surface area contributed by atoms with E-state index in [0.717, 1.165) is 23.4 Å². The number of aliphatic imine (C=N–C) groups is 1. The first kappa shape index (κ1) is 8.72. The maximum Gasteiger partial charge on any atom is 0.0489 e. The third kappa shape index (κ3) is 4.24. The van der Waals surface area contributed by atoms with Gasteiger partial charge in [0, 0.05) is 30.2 Å². The molecule has 0 unspecified atom stereocenters. The summed E-state index contributed by atoms with van der Waals surface area (Å²) in [5, 5.41) is 0. The van der Waals surface area contributed by atoms with E-state index in [9.17, 15) is 0 Å². The van der Waals surface area contributed by atoms with E-state index in [-0.39, 0.29) is 0 Å². The maximum absolute atomic E-state index is 8.55. The molecule has 3 heteroatoms. The largest absolute Gasteiger partial charge is 0.325 e. The highest BCUT2D eigenvalue weighted by Gasteiger charge is 1.86. The van der Waals surface area contributed by atoms with E-state index in [2.05, 4.69) is 4.99 Å². The third-order valence-corrected chi connectivity index (χ3v) is 1.25. The van der Waals surface area contributed by atoms with E-state index < -0.39 is 0 Å². The second-order valence-corrected chi connectivity index (χ2v) is 2.15. The highest BCUT2D eigenvalue weighted by molar-refractivity contribution is 7.98. The zero-order chi connectivity index (χ0) is 7.11. The van der Waals surface area contributed by atoms with Gasteiger partial charge in [-0.15, -0.1) is 0 Å². The Bertz CT molecular complexity index is 120. The second kappa shape index (κ2) is 5.85. The quantitative estimate of drug-likeness (QED) is 0.487. The van der Waals surface area contributed by atoms with Crippen molar-refractivity contribution in [2.24, 2.45) is 4.99 Å². The van der Waals surface area contributed by atoms with Crippen LogP contribution in [0.1, 0.15) is 13.3 Å². The van der Waals surface area contributed by atoms with Crippen molar-refractivity contribution in [3.63, 3.8) is 0 Å². The Morgan fingerprint density at radius 1 is 1.78 bits per heavy atom. The lowest BCUT2D eigenvalue weighted by Crippen LogP contribution is -1.76. The predicted molar refractivity (Wildman–Crippen MR) is 43.0 cm³/mol. The molecule has 1 N–H and O–H groups in total. The van der Waals surface area contributed by atoms with Crippen LogP contribution in [0.2, 0.25) is 0 Å². The van der Waals surface area contributed by atoms with Crippen LogP contribution in [-0.4, -0.2) is 17.8 Å². The number of nitrogens with zero attached hydrogens (tertiary/aromatic N) is 1. The average molecular weight is 145 g/mol. The SMILES string of the molecule is CC/C=C(\C=NC)SO. The number of rotatable bonds is 3. The fraction of sp³-hybridized carbons (Fsp3) is 0.500. The lowest BCUT2D eigenvalue weighted by atomic mass is 10.4. The van der Waals surface area contributed by atoms with Crippen molar-refractivity contribution in [2.45, 2.75) is 13.3 Å². The van der Waals surface area contributed by atoms with E-state index in [1.54, 1.807) is 13.3 Å². The molecule has 52 valence electrons. The topological polar surface area (TPSA) is 32.6 Å². The van der Waals surface area contributed by atoms with Crippen molar-refractivity contribution in [3.05, 3.63) is 11.0 Å².